The molecule has 46 heavy (non-hydrogen) atoms. The molecule has 1 heterocycles. The van der Waals surface area contributed by atoms with Crippen LogP contribution in [0, 0.1) is 29.1 Å². The van der Waals surface area contributed by atoms with E-state index in [1.54, 1.807) is 23.9 Å². The SMILES string of the molecule is CSc1ccc(C(=O)[C@@H](NC(=O)N[C@H](C(=O)N2CCC(C(C)C)[C@H]2C(=O)NC(CC2CC2)C(=O)C(N)=O)C(C)(C)C)C(C)C)cc1. The molecule has 254 valence electrons. The molecule has 2 aliphatic rings. The van der Waals surface area contributed by atoms with E-state index in [9.17, 15) is 28.8 Å². The lowest BCUT2D eigenvalue weighted by Crippen LogP contribution is -2.62. The highest BCUT2D eigenvalue weighted by Gasteiger charge is 2.48. The number of urea groups is 1. The smallest absolute Gasteiger partial charge is 0.316 e. The molecule has 1 saturated carbocycles. The molecule has 1 aliphatic carbocycles. The summed E-state index contributed by atoms with van der Waals surface area (Å²) in [7, 11) is 0. The number of carbonyl (C=O) groups excluding carboxylic acids is 6. The second-order valence-electron chi connectivity index (χ2n) is 14.4. The van der Waals surface area contributed by atoms with Crippen LogP contribution in [-0.4, -0.2) is 77.2 Å². The zero-order valence-electron chi connectivity index (χ0n) is 28.3. The fourth-order valence-electron chi connectivity index (χ4n) is 6.04. The van der Waals surface area contributed by atoms with Crippen molar-refractivity contribution in [3.8, 4) is 0 Å². The lowest BCUT2D eigenvalue weighted by Gasteiger charge is -2.37. The van der Waals surface area contributed by atoms with Crippen LogP contribution in [-0.2, 0) is 19.2 Å². The zero-order chi connectivity index (χ0) is 34.5. The Morgan fingerprint density at radius 1 is 0.935 bits per heavy atom. The van der Waals surface area contributed by atoms with Gasteiger partial charge in [0, 0.05) is 17.0 Å². The van der Waals surface area contributed by atoms with E-state index in [4.69, 9.17) is 5.73 Å². The summed E-state index contributed by atoms with van der Waals surface area (Å²) in [6, 6.07) is 2.69. The predicted octanol–water partition coefficient (Wildman–Crippen LogP) is 3.54. The Bertz CT molecular complexity index is 1300. The average molecular weight is 658 g/mol. The van der Waals surface area contributed by atoms with Gasteiger partial charge in [0.2, 0.25) is 17.6 Å². The van der Waals surface area contributed by atoms with Gasteiger partial charge >= 0.3 is 6.03 Å². The normalized spacial score (nSPS) is 20.2. The molecule has 5 atom stereocenters. The molecular weight excluding hydrogens is 606 g/mol. The summed E-state index contributed by atoms with van der Waals surface area (Å²) in [5.74, 6) is -3.31. The third-order valence-corrected chi connectivity index (χ3v) is 9.74. The van der Waals surface area contributed by atoms with Crippen LogP contribution < -0.4 is 21.7 Å². The molecule has 2 unspecified atom stereocenters. The molecule has 1 aromatic rings. The van der Waals surface area contributed by atoms with Gasteiger partial charge in [-0.05, 0) is 60.3 Å². The lowest BCUT2D eigenvalue weighted by atomic mass is 9.84. The van der Waals surface area contributed by atoms with E-state index >= 15 is 0 Å². The summed E-state index contributed by atoms with van der Waals surface area (Å²) in [5.41, 5.74) is 5.01. The second kappa shape index (κ2) is 15.5. The number of hydrogen-bond acceptors (Lipinski definition) is 7. The van der Waals surface area contributed by atoms with Crippen LogP contribution in [0.1, 0.15) is 84.5 Å². The Labute approximate surface area is 276 Å². The maximum absolute atomic E-state index is 14.3. The van der Waals surface area contributed by atoms with Crippen molar-refractivity contribution >= 4 is 47.1 Å². The van der Waals surface area contributed by atoms with Crippen molar-refractivity contribution in [1.82, 2.24) is 20.9 Å². The van der Waals surface area contributed by atoms with Gasteiger partial charge in [-0.25, -0.2) is 4.79 Å². The lowest BCUT2D eigenvalue weighted by molar-refractivity contribution is -0.144. The van der Waals surface area contributed by atoms with Crippen LogP contribution in [0.5, 0.6) is 0 Å². The summed E-state index contributed by atoms with van der Waals surface area (Å²) >= 11 is 1.56. The quantitative estimate of drug-likeness (QED) is 0.135. The van der Waals surface area contributed by atoms with E-state index in [1.807, 2.05) is 66.9 Å². The Balaban J connectivity index is 1.82. The molecule has 2 fully saturated rings. The third kappa shape index (κ3) is 9.33. The molecule has 5 N–H and O–H groups in total. The van der Waals surface area contributed by atoms with E-state index in [-0.39, 0.29) is 36.0 Å². The van der Waals surface area contributed by atoms with Crippen molar-refractivity contribution in [3.63, 3.8) is 0 Å². The molecule has 5 amide bonds. The fourth-order valence-corrected chi connectivity index (χ4v) is 6.45. The van der Waals surface area contributed by atoms with Gasteiger partial charge in [0.25, 0.3) is 5.91 Å². The molecule has 1 saturated heterocycles. The first-order valence-electron chi connectivity index (χ1n) is 16.2. The fraction of sp³-hybridized carbons (Fsp3) is 0.647. The minimum absolute atomic E-state index is 0.0365. The number of nitrogens with one attached hydrogen (secondary N) is 3. The van der Waals surface area contributed by atoms with Crippen molar-refractivity contribution in [2.75, 3.05) is 12.8 Å². The van der Waals surface area contributed by atoms with Gasteiger partial charge in [0.1, 0.15) is 12.1 Å². The molecule has 11 nitrogen and oxygen atoms in total. The number of Topliss-reactive ketones (excluding diaryl/α,β-unsaturated/α-hetero) is 2. The van der Waals surface area contributed by atoms with Crippen LogP contribution >= 0.6 is 11.8 Å². The Morgan fingerprint density at radius 2 is 1.54 bits per heavy atom. The zero-order valence-corrected chi connectivity index (χ0v) is 29.2. The molecule has 0 aromatic heterocycles. The maximum atomic E-state index is 14.3. The van der Waals surface area contributed by atoms with Crippen LogP contribution in [0.15, 0.2) is 29.2 Å². The van der Waals surface area contributed by atoms with Crippen molar-refractivity contribution in [3.05, 3.63) is 29.8 Å². The summed E-state index contributed by atoms with van der Waals surface area (Å²) in [6.07, 6.45) is 4.65. The van der Waals surface area contributed by atoms with Crippen molar-refractivity contribution in [1.29, 1.82) is 0 Å². The standard InChI is InChI=1S/C34H51N5O6S/c1-18(2)23-15-16-39(26(23)31(43)36-24(17-20-9-10-20)28(41)30(35)42)32(44)29(34(5,6)7)38-33(45)37-25(19(3)4)27(40)21-11-13-22(46-8)14-12-21/h11-14,18-20,23-26,29H,9-10,15-17H2,1-8H3,(H2,35,42)(H,36,43)(H2,37,38,45)/t23?,24?,25-,26-,29+/m0/s1. The highest BCUT2D eigenvalue weighted by molar-refractivity contribution is 7.98. The number of hydrogen-bond donors (Lipinski definition) is 4. The van der Waals surface area contributed by atoms with Crippen molar-refractivity contribution < 1.29 is 28.8 Å². The van der Waals surface area contributed by atoms with Gasteiger partial charge in [0.05, 0.1) is 12.1 Å². The number of amides is 5. The monoisotopic (exact) mass is 657 g/mol. The number of rotatable bonds is 14. The van der Waals surface area contributed by atoms with Gasteiger partial charge in [-0.1, -0.05) is 73.4 Å². The first-order valence-corrected chi connectivity index (χ1v) is 17.4. The molecule has 0 radical (unpaired) electrons. The van der Waals surface area contributed by atoms with Gasteiger partial charge < -0.3 is 26.6 Å². The Morgan fingerprint density at radius 3 is 2.02 bits per heavy atom. The molecule has 0 bridgehead atoms. The minimum Gasteiger partial charge on any atom is -0.363 e. The average Bonchev–Trinajstić information content (AvgIpc) is 3.69. The van der Waals surface area contributed by atoms with E-state index in [1.165, 1.54) is 4.90 Å². The van der Waals surface area contributed by atoms with Gasteiger partial charge in [-0.15, -0.1) is 11.8 Å². The molecule has 0 spiro atoms. The van der Waals surface area contributed by atoms with E-state index < -0.39 is 59.1 Å². The summed E-state index contributed by atoms with van der Waals surface area (Å²) in [5, 5.41) is 8.35. The number of nitrogens with zero attached hydrogens (tertiary/aromatic N) is 1. The maximum Gasteiger partial charge on any atom is 0.316 e. The number of primary amides is 1. The minimum atomic E-state index is -1.11. The second-order valence-corrected chi connectivity index (χ2v) is 15.3. The molecule has 1 aliphatic heterocycles. The third-order valence-electron chi connectivity index (χ3n) is 8.99. The largest absolute Gasteiger partial charge is 0.363 e. The first-order chi connectivity index (χ1) is 21.5. The van der Waals surface area contributed by atoms with Gasteiger partial charge in [0.15, 0.2) is 5.78 Å². The number of likely N-dealkylation sites (tertiary alicyclic amines) is 1. The van der Waals surface area contributed by atoms with E-state index in [0.717, 1.165) is 17.7 Å². The van der Waals surface area contributed by atoms with Crippen LogP contribution in [0.3, 0.4) is 0 Å². The van der Waals surface area contributed by atoms with E-state index in [2.05, 4.69) is 16.0 Å². The summed E-state index contributed by atoms with van der Waals surface area (Å²) < 4.78 is 0. The molecule has 3 rings (SSSR count). The first kappa shape index (κ1) is 37.1. The summed E-state index contributed by atoms with van der Waals surface area (Å²) in [4.78, 5) is 81.8. The highest BCUT2D eigenvalue weighted by Crippen LogP contribution is 2.35. The van der Waals surface area contributed by atoms with Crippen LogP contribution in [0.25, 0.3) is 0 Å². The topological polar surface area (TPSA) is 168 Å². The predicted molar refractivity (Wildman–Crippen MR) is 178 cm³/mol. The Kier molecular flexibility index (Phi) is 12.4. The highest BCUT2D eigenvalue weighted by atomic mass is 32.2. The summed E-state index contributed by atoms with van der Waals surface area (Å²) in [6.45, 7) is 13.4. The number of ketones is 2. The van der Waals surface area contributed by atoms with Crippen LogP contribution in [0.4, 0.5) is 4.79 Å². The van der Waals surface area contributed by atoms with Gasteiger partial charge in [-0.2, -0.15) is 0 Å². The van der Waals surface area contributed by atoms with Crippen molar-refractivity contribution in [2.45, 2.75) is 103 Å². The number of benzene rings is 1. The van der Waals surface area contributed by atoms with Gasteiger partial charge in [-0.3, -0.25) is 24.0 Å². The van der Waals surface area contributed by atoms with Crippen LogP contribution in [0.2, 0.25) is 0 Å². The number of carbonyl (C=O) groups is 6. The molecular formula is C34H51N5O6S. The molecule has 1 aromatic carbocycles. The molecule has 12 heteroatoms. The number of nitrogens with two attached hydrogens (primary N) is 1. The number of thioether (sulfide) groups is 1. The Hall–Kier alpha value is -3.41. The van der Waals surface area contributed by atoms with Crippen molar-refractivity contribution in [2.24, 2.45) is 34.8 Å². The van der Waals surface area contributed by atoms with E-state index in [0.29, 0.717) is 18.4 Å².